The molecule has 0 amide bonds. The Morgan fingerprint density at radius 2 is 1.36 bits per heavy atom. The van der Waals surface area contributed by atoms with Crippen LogP contribution in [0, 0.1) is 0 Å². The zero-order chi connectivity index (χ0) is 24.4. The third-order valence-electron chi connectivity index (χ3n) is 5.71. The molecule has 0 spiro atoms. The van der Waals surface area contributed by atoms with Crippen LogP contribution in [-0.2, 0) is 14.1 Å². The molecule has 1 N–H and O–H groups in total. The number of halogens is 1. The fourth-order valence-corrected chi connectivity index (χ4v) is 5.45. The molecule has 0 heterocycles. The number of hydrogen-bond acceptors (Lipinski definition) is 4. The van der Waals surface area contributed by atoms with Crippen LogP contribution in [0.2, 0.25) is 0 Å². The number of rotatable bonds is 20. The number of hydrogen-bond donors (Lipinski definition) is 1. The fourth-order valence-electron chi connectivity index (χ4n) is 3.76. The summed E-state index contributed by atoms with van der Waals surface area (Å²) >= 11 is 6.05. The molecule has 1 aromatic rings. The van der Waals surface area contributed by atoms with Gasteiger partial charge in [-0.1, -0.05) is 96.3 Å². The lowest BCUT2D eigenvalue weighted by Crippen LogP contribution is -2.35. The Hall–Kier alpha value is -1.03. The van der Waals surface area contributed by atoms with E-state index >= 15 is 0 Å². The summed E-state index contributed by atoms with van der Waals surface area (Å²) in [5, 5.41) is 2.61. The van der Waals surface area contributed by atoms with E-state index in [1.807, 2.05) is 6.07 Å². The molecule has 0 saturated carbocycles. The molecule has 1 unspecified atom stereocenters. The predicted molar refractivity (Wildman–Crippen MR) is 139 cm³/mol. The SMILES string of the molecule is CCCCCCCCC(CCCCCCCC)OC(=O)[C@H](C)NP(=O)(Cl)Oc1ccccc1. The largest absolute Gasteiger partial charge is 0.461 e. The predicted octanol–water partition coefficient (Wildman–Crippen LogP) is 8.80. The second-order valence-corrected chi connectivity index (χ2v) is 11.6. The second kappa shape index (κ2) is 18.3. The average molecular weight is 502 g/mol. The number of carbonyl (C=O) groups is 1. The van der Waals surface area contributed by atoms with E-state index in [1.54, 1.807) is 31.2 Å². The van der Waals surface area contributed by atoms with E-state index in [-0.39, 0.29) is 6.10 Å². The number of nitrogens with one attached hydrogen (secondary N) is 1. The fraction of sp³-hybridized carbons (Fsp3) is 0.731. The summed E-state index contributed by atoms with van der Waals surface area (Å²) in [5.41, 5.74) is 0. The molecule has 33 heavy (non-hydrogen) atoms. The van der Waals surface area contributed by atoms with Crippen molar-refractivity contribution in [1.29, 1.82) is 0 Å². The van der Waals surface area contributed by atoms with E-state index in [2.05, 4.69) is 18.9 Å². The highest BCUT2D eigenvalue weighted by Gasteiger charge is 2.29. The van der Waals surface area contributed by atoms with Crippen LogP contribution in [-0.4, -0.2) is 18.1 Å². The minimum absolute atomic E-state index is 0.108. The van der Waals surface area contributed by atoms with Crippen molar-refractivity contribution in [2.75, 3.05) is 0 Å². The van der Waals surface area contributed by atoms with Crippen LogP contribution in [0.5, 0.6) is 5.75 Å². The Kier molecular flexibility index (Phi) is 16.7. The van der Waals surface area contributed by atoms with Crippen LogP contribution >= 0.6 is 18.1 Å². The first-order valence-electron chi connectivity index (χ1n) is 12.9. The van der Waals surface area contributed by atoms with Crippen molar-refractivity contribution in [3.8, 4) is 5.75 Å². The summed E-state index contributed by atoms with van der Waals surface area (Å²) in [7, 11) is 0. The summed E-state index contributed by atoms with van der Waals surface area (Å²) in [6, 6.07) is 7.85. The van der Waals surface area contributed by atoms with E-state index in [0.29, 0.717) is 5.75 Å². The Morgan fingerprint density at radius 1 is 0.879 bits per heavy atom. The lowest BCUT2D eigenvalue weighted by Gasteiger charge is -2.22. The van der Waals surface area contributed by atoms with Gasteiger partial charge in [0.2, 0.25) is 0 Å². The van der Waals surface area contributed by atoms with Crippen molar-refractivity contribution >= 4 is 24.1 Å². The van der Waals surface area contributed by atoms with E-state index in [0.717, 1.165) is 25.7 Å². The standard InChI is InChI=1S/C26H45ClNO4P/c1-4-6-8-10-12-15-19-24(20-16-13-11-9-7-5-2)31-26(29)23(3)28-33(27,30)32-25-21-17-14-18-22-25/h14,17-18,21-24H,4-13,15-16,19-20H2,1-3H3,(H,28,30)/t23-,33?/m0/s1. The number of carbonyl (C=O) groups excluding carboxylic acids is 1. The topological polar surface area (TPSA) is 64.6 Å². The highest BCUT2D eigenvalue weighted by molar-refractivity contribution is 7.84. The Morgan fingerprint density at radius 3 is 1.88 bits per heavy atom. The number of ether oxygens (including phenoxy) is 1. The minimum atomic E-state index is -3.72. The average Bonchev–Trinajstić information content (AvgIpc) is 2.78. The summed E-state index contributed by atoms with van der Waals surface area (Å²) in [6.45, 7) is 2.33. The lowest BCUT2D eigenvalue weighted by molar-refractivity contribution is -0.151. The van der Waals surface area contributed by atoms with Gasteiger partial charge in [0.1, 0.15) is 17.9 Å². The highest BCUT2D eigenvalue weighted by atomic mass is 35.7. The maximum absolute atomic E-state index is 12.7. The molecule has 0 aliphatic heterocycles. The van der Waals surface area contributed by atoms with Crippen molar-refractivity contribution in [2.45, 2.75) is 123 Å². The van der Waals surface area contributed by atoms with Gasteiger partial charge in [0.15, 0.2) is 0 Å². The minimum Gasteiger partial charge on any atom is -0.461 e. The van der Waals surface area contributed by atoms with Gasteiger partial charge in [-0.15, -0.1) is 0 Å². The Labute approximate surface area is 206 Å². The molecule has 0 fully saturated rings. The van der Waals surface area contributed by atoms with Crippen LogP contribution in [0.15, 0.2) is 30.3 Å². The van der Waals surface area contributed by atoms with Crippen molar-refractivity contribution in [3.05, 3.63) is 30.3 Å². The van der Waals surface area contributed by atoms with Crippen LogP contribution < -0.4 is 9.61 Å². The van der Waals surface area contributed by atoms with Gasteiger partial charge in [-0.2, -0.15) is 0 Å². The summed E-state index contributed by atoms with van der Waals surface area (Å²) < 4.78 is 23.8. The number of para-hydroxylation sites is 1. The Bertz CT molecular complexity index is 658. The molecule has 0 aliphatic rings. The van der Waals surface area contributed by atoms with Crippen molar-refractivity contribution < 1.29 is 18.6 Å². The van der Waals surface area contributed by atoms with Crippen molar-refractivity contribution in [3.63, 3.8) is 0 Å². The van der Waals surface area contributed by atoms with Crippen molar-refractivity contribution in [2.24, 2.45) is 0 Å². The smallest absolute Gasteiger partial charge is 0.409 e. The molecule has 1 aromatic carbocycles. The van der Waals surface area contributed by atoms with E-state index in [1.165, 1.54) is 64.2 Å². The normalized spacial score (nSPS) is 14.1. The molecule has 0 aromatic heterocycles. The van der Waals surface area contributed by atoms with Crippen molar-refractivity contribution in [1.82, 2.24) is 5.09 Å². The first kappa shape index (κ1) is 30.0. The molecular weight excluding hydrogens is 457 g/mol. The van der Waals surface area contributed by atoms with Gasteiger partial charge < -0.3 is 9.26 Å². The molecular formula is C26H45ClNO4P. The number of unbranched alkanes of at least 4 members (excludes halogenated alkanes) is 10. The van der Waals surface area contributed by atoms with E-state index in [4.69, 9.17) is 20.5 Å². The van der Waals surface area contributed by atoms with Crippen LogP contribution in [0.4, 0.5) is 0 Å². The maximum atomic E-state index is 12.7. The van der Waals surface area contributed by atoms with Crippen LogP contribution in [0.1, 0.15) is 111 Å². The van der Waals surface area contributed by atoms with Crippen LogP contribution in [0.3, 0.4) is 0 Å². The Balaban J connectivity index is 2.51. The maximum Gasteiger partial charge on any atom is 0.409 e. The van der Waals surface area contributed by atoms with E-state index < -0.39 is 18.9 Å². The molecule has 5 nitrogen and oxygen atoms in total. The molecule has 7 heteroatoms. The summed E-state index contributed by atoms with van der Waals surface area (Å²) in [5.74, 6) is -0.0533. The van der Waals surface area contributed by atoms with Gasteiger partial charge in [0.05, 0.1) is 0 Å². The molecule has 1 rings (SSSR count). The highest BCUT2D eigenvalue weighted by Crippen LogP contribution is 2.48. The van der Waals surface area contributed by atoms with Crippen LogP contribution in [0.25, 0.3) is 0 Å². The lowest BCUT2D eigenvalue weighted by atomic mass is 10.0. The molecule has 0 saturated heterocycles. The van der Waals surface area contributed by atoms with Gasteiger partial charge in [-0.05, 0) is 44.7 Å². The summed E-state index contributed by atoms with van der Waals surface area (Å²) in [4.78, 5) is 12.7. The van der Waals surface area contributed by atoms with Gasteiger partial charge in [0.25, 0.3) is 0 Å². The van der Waals surface area contributed by atoms with Gasteiger partial charge in [-0.25, -0.2) is 9.65 Å². The molecule has 190 valence electrons. The quantitative estimate of drug-likeness (QED) is 0.110. The number of esters is 1. The van der Waals surface area contributed by atoms with Gasteiger partial charge in [-0.3, -0.25) is 4.79 Å². The van der Waals surface area contributed by atoms with Gasteiger partial charge >= 0.3 is 12.8 Å². The summed E-state index contributed by atoms with van der Waals surface area (Å²) in [6.07, 6.45) is 16.1. The van der Waals surface area contributed by atoms with Gasteiger partial charge in [0, 0.05) is 11.2 Å². The van der Waals surface area contributed by atoms with E-state index in [9.17, 15) is 9.36 Å². The first-order chi connectivity index (χ1) is 15.9. The molecule has 0 bridgehead atoms. The molecule has 0 radical (unpaired) electrons. The molecule has 2 atom stereocenters. The third kappa shape index (κ3) is 15.5. The second-order valence-electron chi connectivity index (χ2n) is 8.91. The molecule has 0 aliphatic carbocycles. The number of benzene rings is 1. The zero-order valence-electron chi connectivity index (χ0n) is 20.9. The zero-order valence-corrected chi connectivity index (χ0v) is 22.5. The third-order valence-corrected chi connectivity index (χ3v) is 7.35. The monoisotopic (exact) mass is 501 g/mol. The first-order valence-corrected chi connectivity index (χ1v) is 15.4.